The van der Waals surface area contributed by atoms with E-state index in [1.807, 2.05) is 50.2 Å². The number of anilines is 1. The second-order valence-corrected chi connectivity index (χ2v) is 10.1. The summed E-state index contributed by atoms with van der Waals surface area (Å²) in [5.74, 6) is -0.0378. The van der Waals surface area contributed by atoms with E-state index in [0.29, 0.717) is 23.4 Å². The number of rotatable bonds is 7. The van der Waals surface area contributed by atoms with Gasteiger partial charge in [-0.25, -0.2) is 13.2 Å². The highest BCUT2D eigenvalue weighted by Gasteiger charge is 2.20. The van der Waals surface area contributed by atoms with Crippen molar-refractivity contribution in [1.29, 1.82) is 5.41 Å². The molecule has 0 fully saturated rings. The molecule has 3 aromatic rings. The van der Waals surface area contributed by atoms with E-state index in [1.54, 1.807) is 35.2 Å². The Morgan fingerprint density at radius 3 is 2.33 bits per heavy atom. The zero-order valence-electron chi connectivity index (χ0n) is 18.9. The SMILES string of the molecule is CC(C)N(Cc1cccc(C(=N)N)c1)C(=O)Nc1ccc(-c2ccccc2)c(S(C)(=O)=O)c1. The Morgan fingerprint density at radius 2 is 1.73 bits per heavy atom. The van der Waals surface area contributed by atoms with Crippen LogP contribution >= 0.6 is 0 Å². The molecule has 33 heavy (non-hydrogen) atoms. The molecule has 0 saturated heterocycles. The number of benzene rings is 3. The Labute approximate surface area is 194 Å². The average molecular weight is 465 g/mol. The fourth-order valence-electron chi connectivity index (χ4n) is 3.48. The van der Waals surface area contributed by atoms with Gasteiger partial charge >= 0.3 is 6.03 Å². The van der Waals surface area contributed by atoms with Crippen molar-refractivity contribution < 1.29 is 13.2 Å². The second kappa shape index (κ2) is 9.87. The van der Waals surface area contributed by atoms with E-state index in [9.17, 15) is 13.2 Å². The van der Waals surface area contributed by atoms with Crippen molar-refractivity contribution in [2.24, 2.45) is 5.73 Å². The van der Waals surface area contributed by atoms with Crippen LogP contribution in [0.3, 0.4) is 0 Å². The number of carbonyl (C=O) groups is 1. The molecule has 0 aliphatic heterocycles. The predicted molar refractivity (Wildman–Crippen MR) is 132 cm³/mol. The average Bonchev–Trinajstić information content (AvgIpc) is 2.77. The van der Waals surface area contributed by atoms with Crippen molar-refractivity contribution >= 4 is 27.4 Å². The first-order chi connectivity index (χ1) is 15.6. The molecule has 0 aliphatic carbocycles. The minimum absolute atomic E-state index is 0.0378. The monoisotopic (exact) mass is 464 g/mol. The molecule has 4 N–H and O–H groups in total. The molecular formula is C25H28N4O3S. The van der Waals surface area contributed by atoms with Gasteiger partial charge in [0.25, 0.3) is 0 Å². The molecule has 0 aromatic heterocycles. The van der Waals surface area contributed by atoms with Crippen LogP contribution in [0.25, 0.3) is 11.1 Å². The first-order valence-electron chi connectivity index (χ1n) is 10.5. The van der Waals surface area contributed by atoms with E-state index < -0.39 is 9.84 Å². The van der Waals surface area contributed by atoms with Crippen LogP contribution in [0.2, 0.25) is 0 Å². The van der Waals surface area contributed by atoms with Crippen LogP contribution in [0.4, 0.5) is 10.5 Å². The fourth-order valence-corrected chi connectivity index (χ4v) is 4.41. The number of hydrogen-bond acceptors (Lipinski definition) is 4. The zero-order chi connectivity index (χ0) is 24.2. The molecule has 0 spiro atoms. The molecule has 0 bridgehead atoms. The van der Waals surface area contributed by atoms with Gasteiger partial charge in [0.05, 0.1) is 4.90 Å². The number of sulfone groups is 1. The molecule has 0 aliphatic rings. The summed E-state index contributed by atoms with van der Waals surface area (Å²) in [7, 11) is -3.53. The molecule has 2 amide bonds. The minimum Gasteiger partial charge on any atom is -0.384 e. The predicted octanol–water partition coefficient (Wildman–Crippen LogP) is 4.48. The van der Waals surface area contributed by atoms with Gasteiger partial charge in [0, 0.05) is 35.7 Å². The molecule has 7 nitrogen and oxygen atoms in total. The molecule has 0 radical (unpaired) electrons. The van der Waals surface area contributed by atoms with Crippen molar-refractivity contribution in [2.75, 3.05) is 11.6 Å². The van der Waals surface area contributed by atoms with Gasteiger partial charge in [-0.2, -0.15) is 0 Å². The molecule has 0 heterocycles. The first-order valence-corrected chi connectivity index (χ1v) is 12.4. The van der Waals surface area contributed by atoms with Crippen molar-refractivity contribution in [2.45, 2.75) is 31.3 Å². The smallest absolute Gasteiger partial charge is 0.322 e. The standard InChI is InChI=1S/C25H28N4O3S/c1-17(2)29(16-18-8-7-11-20(14-18)24(26)27)25(30)28-21-12-13-22(19-9-5-4-6-10-19)23(15-21)33(3,31)32/h4-15,17H,16H2,1-3H3,(H3,26,27)(H,28,30). The first kappa shape index (κ1) is 24.0. The highest BCUT2D eigenvalue weighted by molar-refractivity contribution is 7.90. The summed E-state index contributed by atoms with van der Waals surface area (Å²) in [6.07, 6.45) is 1.16. The quantitative estimate of drug-likeness (QED) is 0.353. The number of amidine groups is 1. The third kappa shape index (κ3) is 5.98. The van der Waals surface area contributed by atoms with E-state index in [2.05, 4.69) is 5.32 Å². The van der Waals surface area contributed by atoms with Gasteiger partial charge in [0.1, 0.15) is 5.84 Å². The Hall–Kier alpha value is -3.65. The Kier molecular flexibility index (Phi) is 7.18. The summed E-state index contributed by atoms with van der Waals surface area (Å²) in [5, 5.41) is 10.4. The summed E-state index contributed by atoms with van der Waals surface area (Å²) in [6.45, 7) is 4.11. The lowest BCUT2D eigenvalue weighted by molar-refractivity contribution is 0.193. The number of nitrogens with two attached hydrogens (primary N) is 1. The molecule has 3 aromatic carbocycles. The van der Waals surface area contributed by atoms with Crippen LogP contribution in [-0.2, 0) is 16.4 Å². The lowest BCUT2D eigenvalue weighted by Crippen LogP contribution is -2.39. The number of nitrogen functional groups attached to an aromatic ring is 1. The third-order valence-electron chi connectivity index (χ3n) is 5.19. The fraction of sp³-hybridized carbons (Fsp3) is 0.200. The topological polar surface area (TPSA) is 116 Å². The molecule has 8 heteroatoms. The summed E-state index contributed by atoms with van der Waals surface area (Å²) in [4.78, 5) is 14.9. The van der Waals surface area contributed by atoms with E-state index in [0.717, 1.165) is 17.4 Å². The molecular weight excluding hydrogens is 436 g/mol. The maximum absolute atomic E-state index is 13.1. The van der Waals surface area contributed by atoms with E-state index >= 15 is 0 Å². The van der Waals surface area contributed by atoms with E-state index in [4.69, 9.17) is 11.1 Å². The van der Waals surface area contributed by atoms with Crippen LogP contribution in [0, 0.1) is 5.41 Å². The maximum Gasteiger partial charge on any atom is 0.322 e. The Bertz CT molecular complexity index is 1270. The summed E-state index contributed by atoms with van der Waals surface area (Å²) in [5.41, 5.74) is 8.76. The second-order valence-electron chi connectivity index (χ2n) is 8.11. The van der Waals surface area contributed by atoms with Crippen LogP contribution < -0.4 is 11.1 Å². The van der Waals surface area contributed by atoms with Gasteiger partial charge in [0.15, 0.2) is 9.84 Å². The summed E-state index contributed by atoms with van der Waals surface area (Å²) in [6, 6.07) is 20.8. The lowest BCUT2D eigenvalue weighted by Gasteiger charge is -2.27. The maximum atomic E-state index is 13.1. The molecule has 172 valence electrons. The van der Waals surface area contributed by atoms with Crippen molar-refractivity contribution in [3.05, 3.63) is 83.9 Å². The number of carbonyl (C=O) groups excluding carboxylic acids is 1. The number of urea groups is 1. The third-order valence-corrected chi connectivity index (χ3v) is 6.33. The van der Waals surface area contributed by atoms with Gasteiger partial charge < -0.3 is 16.0 Å². The van der Waals surface area contributed by atoms with Crippen LogP contribution in [0.1, 0.15) is 25.0 Å². The summed E-state index contributed by atoms with van der Waals surface area (Å²) < 4.78 is 25.0. The highest BCUT2D eigenvalue weighted by atomic mass is 32.2. The Morgan fingerprint density at radius 1 is 1.03 bits per heavy atom. The van der Waals surface area contributed by atoms with Crippen LogP contribution in [-0.4, -0.2) is 37.5 Å². The van der Waals surface area contributed by atoms with E-state index in [-0.39, 0.29) is 22.8 Å². The lowest BCUT2D eigenvalue weighted by atomic mass is 10.1. The number of amides is 2. The molecule has 3 rings (SSSR count). The summed E-state index contributed by atoms with van der Waals surface area (Å²) >= 11 is 0. The number of hydrogen-bond donors (Lipinski definition) is 3. The largest absolute Gasteiger partial charge is 0.384 e. The zero-order valence-corrected chi connectivity index (χ0v) is 19.7. The minimum atomic E-state index is -3.53. The number of nitrogens with one attached hydrogen (secondary N) is 2. The molecule has 0 saturated carbocycles. The normalized spacial score (nSPS) is 11.3. The molecule has 0 atom stereocenters. The molecule has 0 unspecified atom stereocenters. The highest BCUT2D eigenvalue weighted by Crippen LogP contribution is 2.30. The van der Waals surface area contributed by atoms with Crippen molar-refractivity contribution in [3.8, 4) is 11.1 Å². The Balaban J connectivity index is 1.88. The van der Waals surface area contributed by atoms with Crippen LogP contribution in [0.5, 0.6) is 0 Å². The van der Waals surface area contributed by atoms with Gasteiger partial charge in [0.2, 0.25) is 0 Å². The van der Waals surface area contributed by atoms with Gasteiger partial charge in [-0.15, -0.1) is 0 Å². The van der Waals surface area contributed by atoms with Gasteiger partial charge in [-0.1, -0.05) is 54.6 Å². The van der Waals surface area contributed by atoms with Gasteiger partial charge in [-0.3, -0.25) is 5.41 Å². The van der Waals surface area contributed by atoms with E-state index in [1.165, 1.54) is 6.07 Å². The number of nitrogens with zero attached hydrogens (tertiary/aromatic N) is 1. The van der Waals surface area contributed by atoms with Crippen LogP contribution in [0.15, 0.2) is 77.7 Å². The van der Waals surface area contributed by atoms with Crippen molar-refractivity contribution in [3.63, 3.8) is 0 Å². The van der Waals surface area contributed by atoms with Crippen molar-refractivity contribution in [1.82, 2.24) is 4.90 Å². The van der Waals surface area contributed by atoms with Gasteiger partial charge in [-0.05, 0) is 43.2 Å².